The molecular weight excluding hydrogens is 471 g/mol. The molecule has 5 nitrogen and oxygen atoms in total. The van der Waals surface area contributed by atoms with Crippen molar-refractivity contribution >= 4 is 33.3 Å². The van der Waals surface area contributed by atoms with Crippen molar-refractivity contribution in [3.63, 3.8) is 0 Å². The number of hydrogen-bond acceptors (Lipinski definition) is 4. The highest BCUT2D eigenvalue weighted by Gasteiger charge is 2.29. The van der Waals surface area contributed by atoms with Crippen molar-refractivity contribution in [2.75, 3.05) is 29.9 Å². The number of carbonyl (C=O) groups excluding carboxylic acids is 1. The molecule has 1 amide bonds. The van der Waals surface area contributed by atoms with Gasteiger partial charge in [-0.15, -0.1) is 0 Å². The van der Waals surface area contributed by atoms with Crippen LogP contribution < -0.4 is 10.2 Å². The van der Waals surface area contributed by atoms with Crippen molar-refractivity contribution in [3.05, 3.63) is 76.6 Å². The molecule has 32 heavy (non-hydrogen) atoms. The van der Waals surface area contributed by atoms with Crippen LogP contribution in [0.5, 0.6) is 0 Å². The van der Waals surface area contributed by atoms with Gasteiger partial charge >= 0.3 is 0 Å². The summed E-state index contributed by atoms with van der Waals surface area (Å²) in [5, 5.41) is 3.03. The van der Waals surface area contributed by atoms with Gasteiger partial charge in [0.15, 0.2) is 0 Å². The smallest absolute Gasteiger partial charge is 0.238 e. The third kappa shape index (κ3) is 4.40. The van der Waals surface area contributed by atoms with Gasteiger partial charge < -0.3 is 10.2 Å². The third-order valence-electron chi connectivity index (χ3n) is 6.31. The van der Waals surface area contributed by atoms with E-state index in [1.54, 1.807) is 12.1 Å². The Morgan fingerprint density at radius 1 is 1.03 bits per heavy atom. The van der Waals surface area contributed by atoms with Gasteiger partial charge in [-0.3, -0.25) is 9.69 Å². The molecule has 7 heteroatoms. The number of aromatic nitrogens is 1. The van der Waals surface area contributed by atoms with E-state index in [1.165, 1.54) is 17.7 Å². The zero-order valence-electron chi connectivity index (χ0n) is 17.6. The highest BCUT2D eigenvalue weighted by atomic mass is 79.9. The van der Waals surface area contributed by atoms with E-state index in [4.69, 9.17) is 0 Å². The summed E-state index contributed by atoms with van der Waals surface area (Å²) in [6.45, 7) is 2.96. The van der Waals surface area contributed by atoms with Gasteiger partial charge in [0.2, 0.25) is 5.91 Å². The Balaban J connectivity index is 1.29. The van der Waals surface area contributed by atoms with Crippen molar-refractivity contribution in [1.29, 1.82) is 0 Å². The summed E-state index contributed by atoms with van der Waals surface area (Å²) >= 11 is 3.58. The summed E-state index contributed by atoms with van der Waals surface area (Å²) in [4.78, 5) is 21.6. The first-order valence-electron chi connectivity index (χ1n) is 10.8. The van der Waals surface area contributed by atoms with Crippen molar-refractivity contribution in [2.24, 2.45) is 0 Å². The fourth-order valence-electron chi connectivity index (χ4n) is 4.60. The maximum atomic E-state index is 13.3. The molecule has 164 valence electrons. The van der Waals surface area contributed by atoms with Crippen LogP contribution in [0.2, 0.25) is 0 Å². The minimum Gasteiger partial charge on any atom is -0.356 e. The molecule has 0 unspecified atom stereocenters. The molecule has 0 spiro atoms. The van der Waals surface area contributed by atoms with Crippen molar-refractivity contribution in [1.82, 2.24) is 9.88 Å². The fourth-order valence-corrected chi connectivity index (χ4v) is 5.04. The van der Waals surface area contributed by atoms with Crippen molar-refractivity contribution < 1.29 is 9.18 Å². The Morgan fingerprint density at radius 2 is 1.78 bits per heavy atom. The minimum absolute atomic E-state index is 0.0518. The second-order valence-corrected chi connectivity index (χ2v) is 9.21. The summed E-state index contributed by atoms with van der Waals surface area (Å²) in [6, 6.07) is 17.0. The highest BCUT2D eigenvalue weighted by molar-refractivity contribution is 9.10. The molecule has 0 aliphatic carbocycles. The molecule has 1 fully saturated rings. The summed E-state index contributed by atoms with van der Waals surface area (Å²) in [7, 11) is 0. The number of halogens is 2. The first-order valence-corrected chi connectivity index (χ1v) is 11.6. The number of benzene rings is 2. The first kappa shape index (κ1) is 21.1. The van der Waals surface area contributed by atoms with E-state index in [-0.39, 0.29) is 11.7 Å². The molecule has 5 rings (SSSR count). The Morgan fingerprint density at radius 3 is 2.56 bits per heavy atom. The number of anilines is 2. The number of nitrogens with zero attached hydrogens (tertiary/aromatic N) is 3. The van der Waals surface area contributed by atoms with Crippen LogP contribution in [0.1, 0.15) is 18.4 Å². The maximum absolute atomic E-state index is 13.3. The molecule has 1 N–H and O–H groups in total. The average molecular weight is 495 g/mol. The van der Waals surface area contributed by atoms with Gasteiger partial charge in [0.25, 0.3) is 0 Å². The van der Waals surface area contributed by atoms with Crippen LogP contribution in [0.15, 0.2) is 65.3 Å². The number of rotatable bonds is 3. The van der Waals surface area contributed by atoms with E-state index in [1.807, 2.05) is 24.4 Å². The van der Waals surface area contributed by atoms with Gasteiger partial charge in [-0.25, -0.2) is 9.37 Å². The van der Waals surface area contributed by atoms with Crippen LogP contribution in [0.4, 0.5) is 15.9 Å². The van der Waals surface area contributed by atoms with Crippen LogP contribution >= 0.6 is 15.9 Å². The lowest BCUT2D eigenvalue weighted by atomic mass is 10.0. The monoisotopic (exact) mass is 494 g/mol. The van der Waals surface area contributed by atoms with Crippen LogP contribution in [0, 0.1) is 5.82 Å². The highest BCUT2D eigenvalue weighted by Crippen LogP contribution is 2.32. The summed E-state index contributed by atoms with van der Waals surface area (Å²) in [5.74, 6) is 0.729. The molecule has 0 saturated carbocycles. The number of fused-ring (bicyclic) bond motifs is 1. The SMILES string of the molecule is O=C1CN(C2CCN(c3cc(-c4ccc(F)cc4)c(Br)cn3)CC2)Cc2ccccc2N1. The predicted molar refractivity (Wildman–Crippen MR) is 128 cm³/mol. The average Bonchev–Trinajstić information content (AvgIpc) is 2.98. The number of nitrogens with one attached hydrogen (secondary N) is 1. The lowest BCUT2D eigenvalue weighted by Gasteiger charge is -2.38. The van der Waals surface area contributed by atoms with Gasteiger partial charge in [-0.05, 0) is 64.2 Å². The predicted octanol–water partition coefficient (Wildman–Crippen LogP) is 5.07. The quantitative estimate of drug-likeness (QED) is 0.551. The van der Waals surface area contributed by atoms with Crippen LogP contribution in [0.25, 0.3) is 11.1 Å². The molecule has 1 saturated heterocycles. The van der Waals surface area contributed by atoms with Gasteiger partial charge in [0.1, 0.15) is 11.6 Å². The Kier molecular flexibility index (Phi) is 5.93. The molecule has 2 aromatic carbocycles. The van der Waals surface area contributed by atoms with Crippen LogP contribution in [0.3, 0.4) is 0 Å². The van der Waals surface area contributed by atoms with Crippen molar-refractivity contribution in [2.45, 2.75) is 25.4 Å². The van der Waals surface area contributed by atoms with Gasteiger partial charge in [-0.1, -0.05) is 30.3 Å². The Bertz CT molecular complexity index is 1130. The van der Waals surface area contributed by atoms with E-state index < -0.39 is 0 Å². The van der Waals surface area contributed by atoms with Gasteiger partial charge in [0.05, 0.1) is 6.54 Å². The second kappa shape index (κ2) is 9.00. The van der Waals surface area contributed by atoms with Gasteiger partial charge in [-0.2, -0.15) is 0 Å². The number of para-hydroxylation sites is 1. The van der Waals surface area contributed by atoms with Crippen molar-refractivity contribution in [3.8, 4) is 11.1 Å². The van der Waals surface area contributed by atoms with Gasteiger partial charge in [0, 0.05) is 47.6 Å². The normalized spacial score (nSPS) is 17.6. The topological polar surface area (TPSA) is 48.5 Å². The maximum Gasteiger partial charge on any atom is 0.238 e. The summed E-state index contributed by atoms with van der Waals surface area (Å²) in [5.41, 5.74) is 4.04. The number of amides is 1. The Hall–Kier alpha value is -2.77. The molecular formula is C25H24BrFN4O. The Labute approximate surface area is 195 Å². The van der Waals surface area contributed by atoms with Crippen LogP contribution in [-0.2, 0) is 11.3 Å². The third-order valence-corrected chi connectivity index (χ3v) is 6.94. The van der Waals surface area contributed by atoms with E-state index in [2.05, 4.69) is 48.2 Å². The minimum atomic E-state index is -0.244. The number of hydrogen-bond donors (Lipinski definition) is 1. The first-order chi connectivity index (χ1) is 15.6. The largest absolute Gasteiger partial charge is 0.356 e. The number of pyridine rings is 1. The fraction of sp³-hybridized carbons (Fsp3) is 0.280. The summed E-state index contributed by atoms with van der Waals surface area (Å²) < 4.78 is 14.2. The number of carbonyl (C=O) groups is 1. The molecule has 0 bridgehead atoms. The molecule has 2 aliphatic rings. The zero-order chi connectivity index (χ0) is 22.1. The van der Waals surface area contributed by atoms with Crippen LogP contribution in [-0.4, -0.2) is 41.5 Å². The zero-order valence-corrected chi connectivity index (χ0v) is 19.2. The van der Waals surface area contributed by atoms with E-state index in [0.717, 1.165) is 59.6 Å². The standard InChI is InChI=1S/C25H24BrFN4O/c26-22-14-28-24(13-21(22)17-5-7-19(27)8-6-17)30-11-9-20(10-12-30)31-15-18-3-1-2-4-23(18)29-25(32)16-31/h1-8,13-14,20H,9-12,15-16H2,(H,29,32). The van der Waals surface area contributed by atoms with E-state index >= 15 is 0 Å². The summed E-state index contributed by atoms with van der Waals surface area (Å²) in [6.07, 6.45) is 3.76. The lowest BCUT2D eigenvalue weighted by molar-refractivity contribution is -0.117. The second-order valence-electron chi connectivity index (χ2n) is 8.36. The molecule has 0 atom stereocenters. The van der Waals surface area contributed by atoms with E-state index in [0.29, 0.717) is 12.6 Å². The molecule has 3 aromatic rings. The van der Waals surface area contributed by atoms with E-state index in [9.17, 15) is 9.18 Å². The molecule has 3 heterocycles. The molecule has 2 aliphatic heterocycles. The lowest BCUT2D eigenvalue weighted by Crippen LogP contribution is -2.46. The molecule has 0 radical (unpaired) electrons. The molecule has 1 aromatic heterocycles. The number of piperidine rings is 1.